The Morgan fingerprint density at radius 3 is 2.58 bits per heavy atom. The maximum absolute atomic E-state index is 11.9. The molecule has 0 saturated carbocycles. The summed E-state index contributed by atoms with van der Waals surface area (Å²) < 4.78 is 0. The van der Waals surface area contributed by atoms with Gasteiger partial charge in [0.2, 0.25) is 0 Å². The summed E-state index contributed by atoms with van der Waals surface area (Å²) in [5.74, 6) is -1.48. The van der Waals surface area contributed by atoms with E-state index in [0.717, 1.165) is 4.90 Å². The second-order valence-electron chi connectivity index (χ2n) is 4.34. The van der Waals surface area contributed by atoms with Crippen LogP contribution in [0.15, 0.2) is 18.3 Å². The largest absolute Gasteiger partial charge is 0.300 e. The number of imide groups is 1. The Hall–Kier alpha value is -2.37. The van der Waals surface area contributed by atoms with Crippen molar-refractivity contribution in [2.24, 2.45) is 0 Å². The number of hydrogen-bond acceptors (Lipinski definition) is 5. The standard InChI is InChI=1S/C13H12N2O4/c1-8(16)4-5-9(17)7-15-12(18)10-3-2-6-14-11(10)13(15)19/h2-3,6H,4-5,7H2,1H3. The van der Waals surface area contributed by atoms with Crippen LogP contribution in [0.2, 0.25) is 0 Å². The molecule has 0 saturated heterocycles. The predicted octanol–water partition coefficient (Wildman–Crippen LogP) is 0.616. The van der Waals surface area contributed by atoms with Crippen LogP contribution in [-0.2, 0) is 9.59 Å². The van der Waals surface area contributed by atoms with Gasteiger partial charge in [-0.05, 0) is 19.1 Å². The molecule has 1 aliphatic rings. The fraction of sp³-hybridized carbons (Fsp3) is 0.308. The first-order valence-corrected chi connectivity index (χ1v) is 5.83. The topological polar surface area (TPSA) is 84.4 Å². The third-order valence-electron chi connectivity index (χ3n) is 2.82. The van der Waals surface area contributed by atoms with Crippen molar-refractivity contribution in [1.82, 2.24) is 9.88 Å². The number of fused-ring (bicyclic) bond motifs is 1. The van der Waals surface area contributed by atoms with Gasteiger partial charge in [0.15, 0.2) is 5.78 Å². The van der Waals surface area contributed by atoms with E-state index in [-0.39, 0.29) is 42.2 Å². The van der Waals surface area contributed by atoms with Crippen LogP contribution in [0.5, 0.6) is 0 Å². The van der Waals surface area contributed by atoms with E-state index in [1.807, 2.05) is 0 Å². The number of nitrogens with zero attached hydrogens (tertiary/aromatic N) is 2. The first-order valence-electron chi connectivity index (χ1n) is 5.83. The molecule has 6 heteroatoms. The number of pyridine rings is 1. The van der Waals surface area contributed by atoms with E-state index in [1.54, 1.807) is 6.07 Å². The maximum Gasteiger partial charge on any atom is 0.280 e. The lowest BCUT2D eigenvalue weighted by Crippen LogP contribution is -2.35. The highest BCUT2D eigenvalue weighted by Gasteiger charge is 2.37. The van der Waals surface area contributed by atoms with E-state index < -0.39 is 11.8 Å². The summed E-state index contributed by atoms with van der Waals surface area (Å²) in [6.45, 7) is 1.08. The van der Waals surface area contributed by atoms with Crippen LogP contribution >= 0.6 is 0 Å². The Balaban J connectivity index is 2.08. The SMILES string of the molecule is CC(=O)CCC(=O)CN1C(=O)c2cccnc2C1=O. The van der Waals surface area contributed by atoms with Gasteiger partial charge in [-0.1, -0.05) is 0 Å². The number of carbonyl (C=O) groups excluding carboxylic acids is 4. The van der Waals surface area contributed by atoms with E-state index in [4.69, 9.17) is 0 Å². The molecule has 0 fully saturated rings. The van der Waals surface area contributed by atoms with Crippen molar-refractivity contribution < 1.29 is 19.2 Å². The zero-order valence-electron chi connectivity index (χ0n) is 10.4. The number of rotatable bonds is 5. The van der Waals surface area contributed by atoms with E-state index in [1.165, 1.54) is 19.2 Å². The third-order valence-corrected chi connectivity index (χ3v) is 2.82. The summed E-state index contributed by atoms with van der Waals surface area (Å²) in [5.41, 5.74) is 0.290. The molecule has 0 radical (unpaired) electrons. The molecular weight excluding hydrogens is 248 g/mol. The summed E-state index contributed by atoms with van der Waals surface area (Å²) in [4.78, 5) is 51.0. The number of carbonyl (C=O) groups is 4. The van der Waals surface area contributed by atoms with Gasteiger partial charge >= 0.3 is 0 Å². The number of aromatic nitrogens is 1. The van der Waals surface area contributed by atoms with Crippen LogP contribution in [-0.4, -0.2) is 39.8 Å². The Bertz CT molecular complexity index is 545. The Kier molecular flexibility index (Phi) is 3.50. The van der Waals surface area contributed by atoms with Gasteiger partial charge < -0.3 is 4.79 Å². The third kappa shape index (κ3) is 2.57. The highest BCUT2D eigenvalue weighted by Crippen LogP contribution is 2.20. The zero-order valence-corrected chi connectivity index (χ0v) is 10.4. The first kappa shape index (κ1) is 13.1. The second-order valence-corrected chi connectivity index (χ2v) is 4.34. The normalized spacial score (nSPS) is 13.6. The van der Waals surface area contributed by atoms with E-state index in [9.17, 15) is 19.2 Å². The summed E-state index contributed by atoms with van der Waals surface area (Å²) in [6.07, 6.45) is 1.58. The molecule has 0 spiro atoms. The molecule has 1 aromatic rings. The minimum absolute atomic E-state index is 0.0379. The molecule has 0 atom stereocenters. The lowest BCUT2D eigenvalue weighted by atomic mass is 10.1. The van der Waals surface area contributed by atoms with Crippen molar-refractivity contribution in [2.75, 3.05) is 6.54 Å². The maximum atomic E-state index is 11.9. The minimum Gasteiger partial charge on any atom is -0.300 e. The van der Waals surface area contributed by atoms with Crippen LogP contribution in [0, 0.1) is 0 Å². The minimum atomic E-state index is -0.559. The van der Waals surface area contributed by atoms with Crippen LogP contribution < -0.4 is 0 Å². The van der Waals surface area contributed by atoms with Crippen LogP contribution in [0.1, 0.15) is 40.6 Å². The molecule has 2 rings (SSSR count). The van der Waals surface area contributed by atoms with Crippen molar-refractivity contribution >= 4 is 23.4 Å². The van der Waals surface area contributed by atoms with Gasteiger partial charge in [0.25, 0.3) is 11.8 Å². The number of Topliss-reactive ketones (excluding diaryl/α,β-unsaturated/α-hetero) is 2. The Morgan fingerprint density at radius 1 is 1.21 bits per heavy atom. The Morgan fingerprint density at radius 2 is 1.95 bits per heavy atom. The molecule has 1 aromatic heterocycles. The number of ketones is 2. The second kappa shape index (κ2) is 5.09. The highest BCUT2D eigenvalue weighted by molar-refractivity contribution is 6.21. The monoisotopic (exact) mass is 260 g/mol. The molecule has 0 aromatic carbocycles. The smallest absolute Gasteiger partial charge is 0.280 e. The average Bonchev–Trinajstić information content (AvgIpc) is 2.62. The van der Waals surface area contributed by atoms with E-state index >= 15 is 0 Å². The predicted molar refractivity (Wildman–Crippen MR) is 64.5 cm³/mol. The number of amides is 2. The van der Waals surface area contributed by atoms with Crippen molar-refractivity contribution in [1.29, 1.82) is 0 Å². The van der Waals surface area contributed by atoms with E-state index in [2.05, 4.69) is 4.98 Å². The summed E-state index contributed by atoms with van der Waals surface area (Å²) in [5, 5.41) is 0. The van der Waals surface area contributed by atoms with Gasteiger partial charge in [0.05, 0.1) is 12.1 Å². The summed E-state index contributed by atoms with van der Waals surface area (Å²) in [7, 11) is 0. The van der Waals surface area contributed by atoms with Crippen LogP contribution in [0.25, 0.3) is 0 Å². The van der Waals surface area contributed by atoms with E-state index in [0.29, 0.717) is 0 Å². The zero-order chi connectivity index (χ0) is 14.0. The van der Waals surface area contributed by atoms with Gasteiger partial charge in [-0.15, -0.1) is 0 Å². The molecule has 2 amide bonds. The fourth-order valence-electron chi connectivity index (χ4n) is 1.83. The molecule has 1 aliphatic heterocycles. The van der Waals surface area contributed by atoms with Gasteiger partial charge in [0, 0.05) is 19.0 Å². The highest BCUT2D eigenvalue weighted by atomic mass is 16.2. The molecule has 19 heavy (non-hydrogen) atoms. The summed E-state index contributed by atoms with van der Waals surface area (Å²) >= 11 is 0. The quantitative estimate of drug-likeness (QED) is 0.724. The average molecular weight is 260 g/mol. The van der Waals surface area contributed by atoms with Gasteiger partial charge in [-0.25, -0.2) is 0 Å². The van der Waals surface area contributed by atoms with Crippen molar-refractivity contribution in [3.05, 3.63) is 29.6 Å². The lowest BCUT2D eigenvalue weighted by Gasteiger charge is -2.11. The van der Waals surface area contributed by atoms with Crippen LogP contribution in [0.4, 0.5) is 0 Å². The molecule has 0 N–H and O–H groups in total. The molecular formula is C13H12N2O4. The van der Waals surface area contributed by atoms with Gasteiger partial charge in [0.1, 0.15) is 11.5 Å². The summed E-state index contributed by atoms with van der Waals surface area (Å²) in [6, 6.07) is 3.06. The fourth-order valence-corrected chi connectivity index (χ4v) is 1.83. The number of hydrogen-bond donors (Lipinski definition) is 0. The molecule has 2 heterocycles. The molecule has 6 nitrogen and oxygen atoms in total. The molecule has 0 bridgehead atoms. The van der Waals surface area contributed by atoms with Crippen molar-refractivity contribution in [3.8, 4) is 0 Å². The van der Waals surface area contributed by atoms with Gasteiger partial charge in [-0.3, -0.25) is 24.3 Å². The molecule has 0 unspecified atom stereocenters. The van der Waals surface area contributed by atoms with Crippen molar-refractivity contribution in [2.45, 2.75) is 19.8 Å². The van der Waals surface area contributed by atoms with Crippen LogP contribution in [0.3, 0.4) is 0 Å². The van der Waals surface area contributed by atoms with Gasteiger partial charge in [-0.2, -0.15) is 0 Å². The first-order chi connectivity index (χ1) is 9.00. The lowest BCUT2D eigenvalue weighted by molar-refractivity contribution is -0.123. The van der Waals surface area contributed by atoms with Crippen molar-refractivity contribution in [3.63, 3.8) is 0 Å². The molecule has 98 valence electrons. The Labute approximate surface area is 109 Å². The molecule has 0 aliphatic carbocycles.